The lowest BCUT2D eigenvalue weighted by Gasteiger charge is -2.15. The monoisotopic (exact) mass is 1710 g/mol. The highest BCUT2D eigenvalue weighted by molar-refractivity contribution is 14.1. The molecule has 14 nitrogen and oxygen atoms in total. The summed E-state index contributed by atoms with van der Waals surface area (Å²) in [5, 5.41) is 35.3. The van der Waals surface area contributed by atoms with Crippen LogP contribution in [-0.4, -0.2) is 52.1 Å². The molecule has 22 heteroatoms. The van der Waals surface area contributed by atoms with Crippen molar-refractivity contribution >= 4 is 193 Å². The molecule has 0 saturated heterocycles. The van der Waals surface area contributed by atoms with Gasteiger partial charge in [-0.2, -0.15) is 0 Å². The maximum absolute atomic E-state index is 11.2. The van der Waals surface area contributed by atoms with Crippen molar-refractivity contribution in [1.29, 1.82) is 0 Å². The van der Waals surface area contributed by atoms with Crippen LogP contribution in [0.4, 0.5) is 0 Å². The molecule has 0 amide bonds. The lowest BCUT2D eigenvalue weighted by atomic mass is 10.1. The van der Waals surface area contributed by atoms with Crippen LogP contribution in [-0.2, 0) is 42.3 Å². The molecule has 0 spiro atoms. The van der Waals surface area contributed by atoms with E-state index in [0.29, 0.717) is 57.0 Å². The number of hydrogen-bond acceptors (Lipinski definition) is 10. The standard InChI is InChI=1S/C35H22I8N6O8.C3H8/c36-22-1-16(5-30(50)51)2-23(37)34(22)56-20-7-26(40)32(27(41)8-20)54-13-18-11-48(46-44-18)15-49-12-19(45-47-49)14-55-33-28(42)9-21(10-29(33)43)57-35-24(38)3-17(4-25(35)39)6-31(52)53;1-3-2/h1-4,7-12H,5-6,13-15H2,(H,50,51)(H,52,53);3H2,1-2H3. The van der Waals surface area contributed by atoms with E-state index in [9.17, 15) is 9.59 Å². The second-order valence-corrected chi connectivity index (χ2v) is 21.8. The van der Waals surface area contributed by atoms with Crippen LogP contribution in [0.5, 0.6) is 34.5 Å². The third kappa shape index (κ3) is 14.6. The molecule has 0 aliphatic carbocycles. The van der Waals surface area contributed by atoms with Gasteiger partial charge in [-0.05, 0) is 240 Å². The molecule has 60 heavy (non-hydrogen) atoms. The zero-order chi connectivity index (χ0) is 43.7. The number of nitrogens with zero attached hydrogens (tertiary/aromatic N) is 6. The van der Waals surface area contributed by atoms with E-state index in [-0.39, 0.29) is 32.7 Å². The number of carboxylic acid groups (broad SMARTS) is 2. The number of aromatic nitrogens is 6. The number of carboxylic acids is 2. The zero-order valence-corrected chi connectivity index (χ0v) is 48.3. The van der Waals surface area contributed by atoms with E-state index >= 15 is 0 Å². The maximum Gasteiger partial charge on any atom is 0.307 e. The van der Waals surface area contributed by atoms with Crippen molar-refractivity contribution < 1.29 is 38.7 Å². The van der Waals surface area contributed by atoms with Crippen molar-refractivity contribution in [1.82, 2.24) is 30.0 Å². The Morgan fingerprint density at radius 3 is 1.13 bits per heavy atom. The van der Waals surface area contributed by atoms with Crippen molar-refractivity contribution in [3.8, 4) is 34.5 Å². The molecule has 0 aliphatic rings. The Bertz CT molecular complexity index is 2260. The number of benzene rings is 4. The highest BCUT2D eigenvalue weighted by Crippen LogP contribution is 2.39. The molecule has 0 unspecified atom stereocenters. The van der Waals surface area contributed by atoms with Crippen molar-refractivity contribution in [2.24, 2.45) is 0 Å². The Labute approximate surface area is 453 Å². The third-order valence-corrected chi connectivity index (χ3v) is 13.8. The van der Waals surface area contributed by atoms with Gasteiger partial charge < -0.3 is 29.2 Å². The summed E-state index contributed by atoms with van der Waals surface area (Å²) in [5.74, 6) is 2.24. The van der Waals surface area contributed by atoms with Crippen LogP contribution in [0, 0.1) is 28.6 Å². The number of aliphatic carboxylic acids is 2. The zero-order valence-electron chi connectivity index (χ0n) is 31.1. The highest BCUT2D eigenvalue weighted by Gasteiger charge is 2.18. The van der Waals surface area contributed by atoms with Crippen molar-refractivity contribution in [3.05, 3.63) is 112 Å². The Kier molecular flexibility index (Phi) is 20.0. The van der Waals surface area contributed by atoms with E-state index in [1.807, 2.05) is 48.5 Å². The van der Waals surface area contributed by atoms with Gasteiger partial charge in [0.25, 0.3) is 0 Å². The molecule has 4 aromatic carbocycles. The SMILES string of the molecule is CCC.O=C(O)Cc1cc(I)c(Oc2cc(I)c(OCc3cn(Cn4cc(COc5c(I)cc(Oc6c(I)cc(CC(=O)O)cc6I)cc5I)nn4)nn3)c(I)c2)c(I)c1. The number of hydrogen-bond donors (Lipinski definition) is 2. The number of ether oxygens (including phenoxy) is 4. The molecule has 6 rings (SSSR count). The highest BCUT2D eigenvalue weighted by atomic mass is 127. The van der Waals surface area contributed by atoms with Crippen LogP contribution in [0.15, 0.2) is 60.9 Å². The number of halogens is 8. The molecular weight excluding hydrogens is 1680 g/mol. The van der Waals surface area contributed by atoms with Gasteiger partial charge in [-0.15, -0.1) is 10.2 Å². The summed E-state index contributed by atoms with van der Waals surface area (Å²) >= 11 is 17.5. The molecule has 2 heterocycles. The third-order valence-electron chi connectivity index (χ3n) is 7.40. The molecule has 0 radical (unpaired) electrons. The van der Waals surface area contributed by atoms with E-state index in [2.05, 4.69) is 215 Å². The predicted molar refractivity (Wildman–Crippen MR) is 290 cm³/mol. The van der Waals surface area contributed by atoms with Crippen LogP contribution in [0.25, 0.3) is 0 Å². The average molecular weight is 1710 g/mol. The first kappa shape index (κ1) is 50.1. The van der Waals surface area contributed by atoms with Crippen LogP contribution in [0.2, 0.25) is 0 Å². The lowest BCUT2D eigenvalue weighted by molar-refractivity contribution is -0.137. The molecule has 0 atom stereocenters. The van der Waals surface area contributed by atoms with E-state index in [1.54, 1.807) is 21.8 Å². The van der Waals surface area contributed by atoms with Crippen LogP contribution in [0.3, 0.4) is 0 Å². The van der Waals surface area contributed by atoms with Gasteiger partial charge in [0.15, 0.2) is 11.5 Å². The fourth-order valence-corrected chi connectivity index (χ4v) is 13.3. The molecular formula is C38H30I8N6O8. The van der Waals surface area contributed by atoms with E-state index in [1.165, 1.54) is 6.42 Å². The van der Waals surface area contributed by atoms with Crippen LogP contribution >= 0.6 is 181 Å². The smallest absolute Gasteiger partial charge is 0.307 e. The van der Waals surface area contributed by atoms with Crippen molar-refractivity contribution in [2.75, 3.05) is 0 Å². The summed E-state index contributed by atoms with van der Waals surface area (Å²) in [6.45, 7) is 4.93. The summed E-state index contributed by atoms with van der Waals surface area (Å²) in [6.07, 6.45) is 4.72. The first-order valence-electron chi connectivity index (χ1n) is 17.3. The quantitative estimate of drug-likeness (QED) is 0.0880. The summed E-state index contributed by atoms with van der Waals surface area (Å²) in [4.78, 5) is 22.3. The average Bonchev–Trinajstić information content (AvgIpc) is 3.79. The maximum atomic E-state index is 11.2. The summed E-state index contributed by atoms with van der Waals surface area (Å²) in [7, 11) is 0. The first-order chi connectivity index (χ1) is 28.5. The van der Waals surface area contributed by atoms with Gasteiger partial charge in [-0.3, -0.25) is 9.59 Å². The number of carbonyl (C=O) groups is 2. The topological polar surface area (TPSA) is 173 Å². The molecule has 0 saturated carbocycles. The van der Waals surface area contributed by atoms with Gasteiger partial charge in [0.2, 0.25) is 0 Å². The van der Waals surface area contributed by atoms with Gasteiger partial charge >= 0.3 is 11.9 Å². The molecule has 2 aromatic heterocycles. The molecule has 2 N–H and O–H groups in total. The fourth-order valence-electron chi connectivity index (χ4n) is 5.06. The molecule has 0 aliphatic heterocycles. The van der Waals surface area contributed by atoms with Gasteiger partial charge in [0.05, 0.1) is 53.8 Å². The van der Waals surface area contributed by atoms with Crippen LogP contribution < -0.4 is 18.9 Å². The Hall–Kier alpha value is -0.860. The van der Waals surface area contributed by atoms with Gasteiger partial charge in [-0.1, -0.05) is 30.7 Å². The van der Waals surface area contributed by atoms with Crippen LogP contribution in [0.1, 0.15) is 42.8 Å². The van der Waals surface area contributed by atoms with Gasteiger partial charge in [0.1, 0.15) is 54.3 Å². The number of rotatable bonds is 16. The predicted octanol–water partition coefficient (Wildman–Crippen LogP) is 11.6. The second kappa shape index (κ2) is 23.9. The Morgan fingerprint density at radius 2 is 0.833 bits per heavy atom. The molecule has 6 aromatic rings. The van der Waals surface area contributed by atoms with E-state index in [4.69, 9.17) is 29.2 Å². The minimum absolute atomic E-state index is 0.0500. The minimum Gasteiger partial charge on any atom is -0.485 e. The largest absolute Gasteiger partial charge is 0.485 e. The Morgan fingerprint density at radius 1 is 0.533 bits per heavy atom. The van der Waals surface area contributed by atoms with Gasteiger partial charge in [-0.25, -0.2) is 9.36 Å². The van der Waals surface area contributed by atoms with Crippen molar-refractivity contribution in [2.45, 2.75) is 53.0 Å². The van der Waals surface area contributed by atoms with Crippen molar-refractivity contribution in [3.63, 3.8) is 0 Å². The molecule has 0 bridgehead atoms. The fraction of sp³-hybridized carbons (Fsp3) is 0.211. The molecule has 316 valence electrons. The molecule has 0 fully saturated rings. The normalized spacial score (nSPS) is 10.8. The summed E-state index contributed by atoms with van der Waals surface area (Å²) in [5.41, 5.74) is 2.69. The van der Waals surface area contributed by atoms with E-state index in [0.717, 1.165) is 28.6 Å². The lowest BCUT2D eigenvalue weighted by Crippen LogP contribution is -2.09. The summed E-state index contributed by atoms with van der Waals surface area (Å²) in [6, 6.07) is 14.8. The second-order valence-electron chi connectivity index (χ2n) is 12.5. The summed E-state index contributed by atoms with van der Waals surface area (Å²) < 4.78 is 34.8. The Balaban J connectivity index is 0.00000221. The van der Waals surface area contributed by atoms with Gasteiger partial charge in [0, 0.05) is 0 Å². The van der Waals surface area contributed by atoms with E-state index < -0.39 is 11.9 Å². The first-order valence-corrected chi connectivity index (χ1v) is 25.9. The minimum atomic E-state index is -0.881.